The van der Waals surface area contributed by atoms with Crippen molar-refractivity contribution in [3.8, 4) is 0 Å². The Kier molecular flexibility index (Phi) is 3.49. The summed E-state index contributed by atoms with van der Waals surface area (Å²) < 4.78 is 6.72. The standard InChI is InChI=1S/C5H11N5O/c6-1-3-11-4-2-10-5-7-8-9-10/h5H,1-4,6H2. The Morgan fingerprint density at radius 1 is 1.45 bits per heavy atom. The molecule has 6 nitrogen and oxygen atoms in total. The zero-order valence-electron chi connectivity index (χ0n) is 6.18. The van der Waals surface area contributed by atoms with Crippen LogP contribution < -0.4 is 5.73 Å². The summed E-state index contributed by atoms with van der Waals surface area (Å²) in [5, 5.41) is 10.6. The van der Waals surface area contributed by atoms with Crippen molar-refractivity contribution >= 4 is 0 Å². The number of tetrazole rings is 1. The molecule has 0 aliphatic rings. The molecule has 0 spiro atoms. The summed E-state index contributed by atoms with van der Waals surface area (Å²) in [7, 11) is 0. The van der Waals surface area contributed by atoms with Crippen LogP contribution in [-0.4, -0.2) is 40.0 Å². The van der Waals surface area contributed by atoms with E-state index in [2.05, 4.69) is 15.5 Å². The Balaban J connectivity index is 2.04. The first-order chi connectivity index (χ1) is 5.43. The summed E-state index contributed by atoms with van der Waals surface area (Å²) in [6, 6.07) is 0. The van der Waals surface area contributed by atoms with Gasteiger partial charge in [0.25, 0.3) is 0 Å². The minimum Gasteiger partial charge on any atom is -0.378 e. The van der Waals surface area contributed by atoms with Crippen LogP contribution in [-0.2, 0) is 11.3 Å². The summed E-state index contributed by atoms with van der Waals surface area (Å²) in [6.45, 7) is 2.41. The van der Waals surface area contributed by atoms with E-state index in [1.807, 2.05) is 0 Å². The van der Waals surface area contributed by atoms with Crippen LogP contribution in [0.3, 0.4) is 0 Å². The first-order valence-corrected chi connectivity index (χ1v) is 3.42. The Morgan fingerprint density at radius 2 is 2.36 bits per heavy atom. The van der Waals surface area contributed by atoms with E-state index in [0.29, 0.717) is 26.3 Å². The third-order valence-electron chi connectivity index (χ3n) is 1.12. The third-order valence-corrected chi connectivity index (χ3v) is 1.12. The van der Waals surface area contributed by atoms with Crippen LogP contribution in [0.15, 0.2) is 6.33 Å². The van der Waals surface area contributed by atoms with Gasteiger partial charge in [0.05, 0.1) is 19.8 Å². The van der Waals surface area contributed by atoms with Crippen molar-refractivity contribution in [2.75, 3.05) is 19.8 Å². The van der Waals surface area contributed by atoms with Crippen molar-refractivity contribution in [1.82, 2.24) is 20.2 Å². The lowest BCUT2D eigenvalue weighted by atomic mass is 10.6. The highest BCUT2D eigenvalue weighted by molar-refractivity contribution is 4.45. The van der Waals surface area contributed by atoms with Crippen LogP contribution in [0.5, 0.6) is 0 Å². The second kappa shape index (κ2) is 4.75. The van der Waals surface area contributed by atoms with Crippen LogP contribution in [0.4, 0.5) is 0 Å². The number of aromatic nitrogens is 4. The van der Waals surface area contributed by atoms with E-state index in [0.717, 1.165) is 0 Å². The van der Waals surface area contributed by atoms with Crippen molar-refractivity contribution in [1.29, 1.82) is 0 Å². The van der Waals surface area contributed by atoms with Gasteiger partial charge in [-0.05, 0) is 10.4 Å². The molecule has 0 atom stereocenters. The molecule has 1 aromatic heterocycles. The molecule has 2 N–H and O–H groups in total. The van der Waals surface area contributed by atoms with Crippen molar-refractivity contribution in [3.05, 3.63) is 6.33 Å². The van der Waals surface area contributed by atoms with Crippen molar-refractivity contribution < 1.29 is 4.74 Å². The lowest BCUT2D eigenvalue weighted by Gasteiger charge is -2.00. The van der Waals surface area contributed by atoms with Crippen LogP contribution in [0.2, 0.25) is 0 Å². The number of nitrogens with zero attached hydrogens (tertiary/aromatic N) is 4. The molecule has 0 amide bonds. The average Bonchev–Trinajstić information content (AvgIpc) is 2.50. The van der Waals surface area contributed by atoms with Gasteiger partial charge in [0.2, 0.25) is 0 Å². The predicted molar refractivity (Wildman–Crippen MR) is 37.7 cm³/mol. The number of hydrogen-bond acceptors (Lipinski definition) is 5. The van der Waals surface area contributed by atoms with Crippen LogP contribution in [0.25, 0.3) is 0 Å². The molecule has 1 rings (SSSR count). The Bertz CT molecular complexity index is 175. The highest BCUT2D eigenvalue weighted by Gasteiger charge is 1.90. The van der Waals surface area contributed by atoms with E-state index in [1.54, 1.807) is 11.0 Å². The topological polar surface area (TPSA) is 78.9 Å². The smallest absolute Gasteiger partial charge is 0.138 e. The summed E-state index contributed by atoms with van der Waals surface area (Å²) in [4.78, 5) is 0. The average molecular weight is 157 g/mol. The normalized spacial score (nSPS) is 10.3. The molecule has 0 aliphatic carbocycles. The molecule has 6 heteroatoms. The van der Waals surface area contributed by atoms with Gasteiger partial charge in [0.15, 0.2) is 0 Å². The molecule has 0 aliphatic heterocycles. The zero-order valence-corrected chi connectivity index (χ0v) is 6.18. The quantitative estimate of drug-likeness (QED) is 0.534. The molecule has 1 heterocycles. The van der Waals surface area contributed by atoms with Gasteiger partial charge in [-0.15, -0.1) is 5.10 Å². The summed E-state index contributed by atoms with van der Waals surface area (Å²) in [5.41, 5.74) is 5.22. The SMILES string of the molecule is NCCOCCn1cnnn1. The fourth-order valence-electron chi connectivity index (χ4n) is 0.626. The Morgan fingerprint density at radius 3 is 3.00 bits per heavy atom. The van der Waals surface area contributed by atoms with Gasteiger partial charge in [-0.25, -0.2) is 4.68 Å². The van der Waals surface area contributed by atoms with E-state index in [-0.39, 0.29) is 0 Å². The molecule has 0 unspecified atom stereocenters. The fraction of sp³-hybridized carbons (Fsp3) is 0.800. The Hall–Kier alpha value is -1.01. The van der Waals surface area contributed by atoms with Crippen molar-refractivity contribution in [2.45, 2.75) is 6.54 Å². The molecule has 0 bridgehead atoms. The molecule has 0 radical (unpaired) electrons. The molecule has 0 aromatic carbocycles. The lowest BCUT2D eigenvalue weighted by molar-refractivity contribution is 0.130. The third kappa shape index (κ3) is 3.06. The first-order valence-electron chi connectivity index (χ1n) is 3.42. The van der Waals surface area contributed by atoms with E-state index >= 15 is 0 Å². The summed E-state index contributed by atoms with van der Waals surface area (Å²) in [6.07, 6.45) is 1.55. The fourth-order valence-corrected chi connectivity index (χ4v) is 0.626. The van der Waals surface area contributed by atoms with E-state index in [1.165, 1.54) is 0 Å². The van der Waals surface area contributed by atoms with Gasteiger partial charge in [-0.2, -0.15) is 0 Å². The van der Waals surface area contributed by atoms with Crippen LogP contribution >= 0.6 is 0 Å². The highest BCUT2D eigenvalue weighted by atomic mass is 16.5. The maximum absolute atomic E-state index is 5.22. The van der Waals surface area contributed by atoms with Gasteiger partial charge in [-0.1, -0.05) is 0 Å². The van der Waals surface area contributed by atoms with Crippen LogP contribution in [0, 0.1) is 0 Å². The number of nitrogens with two attached hydrogens (primary N) is 1. The minimum atomic E-state index is 0.551. The molecular weight excluding hydrogens is 146 g/mol. The molecule has 0 saturated carbocycles. The highest BCUT2D eigenvalue weighted by Crippen LogP contribution is 1.79. The predicted octanol–water partition coefficient (Wildman–Crippen LogP) is -1.35. The molecule has 1 aromatic rings. The molecule has 0 saturated heterocycles. The molecule has 62 valence electrons. The Labute approximate surface area is 64.3 Å². The number of rotatable bonds is 5. The molecule has 0 fully saturated rings. The maximum atomic E-state index is 5.22. The second-order valence-electron chi connectivity index (χ2n) is 1.97. The zero-order chi connectivity index (χ0) is 7.94. The van der Waals surface area contributed by atoms with Crippen molar-refractivity contribution in [2.24, 2.45) is 5.73 Å². The van der Waals surface area contributed by atoms with E-state index in [9.17, 15) is 0 Å². The van der Waals surface area contributed by atoms with E-state index in [4.69, 9.17) is 10.5 Å². The maximum Gasteiger partial charge on any atom is 0.138 e. The van der Waals surface area contributed by atoms with Gasteiger partial charge in [-0.3, -0.25) is 0 Å². The number of hydrogen-bond donors (Lipinski definition) is 1. The second-order valence-corrected chi connectivity index (χ2v) is 1.97. The molecular formula is C5H11N5O. The van der Waals surface area contributed by atoms with Gasteiger partial charge in [0.1, 0.15) is 6.33 Å². The van der Waals surface area contributed by atoms with Crippen molar-refractivity contribution in [3.63, 3.8) is 0 Å². The largest absolute Gasteiger partial charge is 0.378 e. The van der Waals surface area contributed by atoms with Gasteiger partial charge in [0, 0.05) is 6.54 Å². The number of ether oxygens (including phenoxy) is 1. The first kappa shape index (κ1) is 8.09. The summed E-state index contributed by atoms with van der Waals surface area (Å²) >= 11 is 0. The van der Waals surface area contributed by atoms with Gasteiger partial charge < -0.3 is 10.5 Å². The van der Waals surface area contributed by atoms with Gasteiger partial charge >= 0.3 is 0 Å². The minimum absolute atomic E-state index is 0.551. The van der Waals surface area contributed by atoms with Crippen LogP contribution in [0.1, 0.15) is 0 Å². The molecule has 11 heavy (non-hydrogen) atoms. The monoisotopic (exact) mass is 157 g/mol. The lowest BCUT2D eigenvalue weighted by Crippen LogP contribution is -2.12. The van der Waals surface area contributed by atoms with E-state index < -0.39 is 0 Å². The summed E-state index contributed by atoms with van der Waals surface area (Å²) in [5.74, 6) is 0.